The smallest absolute Gasteiger partial charge is 0.0416 e. The highest BCUT2D eigenvalue weighted by atomic mass is 15.2. The monoisotopic (exact) mass is 323 g/mol. The summed E-state index contributed by atoms with van der Waals surface area (Å²) in [6.07, 6.45) is 19.3. The number of fused-ring (bicyclic) bond motifs is 2. The second kappa shape index (κ2) is 6.78. The first-order valence-electron chi connectivity index (χ1n) is 9.78. The van der Waals surface area contributed by atoms with E-state index in [0.29, 0.717) is 11.8 Å². The Morgan fingerprint density at radius 2 is 1.96 bits per heavy atom. The Morgan fingerprint density at radius 1 is 1.17 bits per heavy atom. The molecule has 0 N–H and O–H groups in total. The van der Waals surface area contributed by atoms with Gasteiger partial charge in [0.2, 0.25) is 0 Å². The summed E-state index contributed by atoms with van der Waals surface area (Å²) in [5, 5.41) is 0. The highest BCUT2D eigenvalue weighted by Crippen LogP contribution is 2.55. The number of rotatable bonds is 5. The molecule has 1 nitrogen and oxygen atoms in total. The van der Waals surface area contributed by atoms with Crippen LogP contribution in [0.1, 0.15) is 60.3 Å². The Labute approximate surface area is 148 Å². The summed E-state index contributed by atoms with van der Waals surface area (Å²) in [6.45, 7) is 12.8. The molecule has 24 heavy (non-hydrogen) atoms. The number of allylic oxidation sites excluding steroid dienone is 9. The minimum Gasteiger partial charge on any atom is -0.345 e. The van der Waals surface area contributed by atoms with Crippen LogP contribution in [0.25, 0.3) is 0 Å². The van der Waals surface area contributed by atoms with E-state index in [-0.39, 0.29) is 5.41 Å². The molecule has 0 spiro atoms. The van der Waals surface area contributed by atoms with Crippen LogP contribution in [0.2, 0.25) is 0 Å². The number of unbranched alkanes of at least 4 members (excludes halogenated alkanes) is 3. The number of likely N-dealkylation sites (tertiary alicyclic amines) is 1. The molecular formula is C23H33N. The summed E-state index contributed by atoms with van der Waals surface area (Å²) in [6, 6.07) is 0. The molecule has 3 rings (SSSR count). The molecule has 0 saturated carbocycles. The minimum atomic E-state index is 0.106. The lowest BCUT2D eigenvalue weighted by Gasteiger charge is -2.33. The zero-order chi connectivity index (χ0) is 17.3. The van der Waals surface area contributed by atoms with Gasteiger partial charge >= 0.3 is 0 Å². The highest BCUT2D eigenvalue weighted by molar-refractivity contribution is 5.59. The van der Waals surface area contributed by atoms with Gasteiger partial charge in [-0.15, -0.1) is 0 Å². The molecule has 0 aromatic rings. The van der Waals surface area contributed by atoms with Crippen LogP contribution >= 0.6 is 0 Å². The fraction of sp³-hybridized carbons (Fsp3) is 0.565. The van der Waals surface area contributed by atoms with Crippen molar-refractivity contribution in [3.63, 3.8) is 0 Å². The van der Waals surface area contributed by atoms with Crippen LogP contribution in [0, 0.1) is 17.3 Å². The van der Waals surface area contributed by atoms with Crippen LogP contribution in [0.3, 0.4) is 0 Å². The van der Waals surface area contributed by atoms with Gasteiger partial charge in [-0.2, -0.15) is 0 Å². The zero-order valence-electron chi connectivity index (χ0n) is 16.1. The van der Waals surface area contributed by atoms with Gasteiger partial charge in [-0.05, 0) is 30.4 Å². The molecule has 0 aromatic heterocycles. The predicted octanol–water partition coefficient (Wildman–Crippen LogP) is 6.38. The van der Waals surface area contributed by atoms with E-state index in [1.54, 1.807) is 11.1 Å². The van der Waals surface area contributed by atoms with E-state index in [4.69, 9.17) is 0 Å². The van der Waals surface area contributed by atoms with Gasteiger partial charge in [0.1, 0.15) is 0 Å². The third-order valence-corrected chi connectivity index (χ3v) is 5.95. The molecule has 1 heterocycles. The summed E-state index contributed by atoms with van der Waals surface area (Å²) in [4.78, 5) is 2.62. The summed E-state index contributed by atoms with van der Waals surface area (Å²) in [5.41, 5.74) is 6.19. The summed E-state index contributed by atoms with van der Waals surface area (Å²) >= 11 is 0. The largest absolute Gasteiger partial charge is 0.345 e. The Hall–Kier alpha value is -1.50. The van der Waals surface area contributed by atoms with Crippen LogP contribution < -0.4 is 0 Å². The van der Waals surface area contributed by atoms with E-state index >= 15 is 0 Å². The number of hydrogen-bond donors (Lipinski definition) is 0. The van der Waals surface area contributed by atoms with Crippen molar-refractivity contribution >= 4 is 0 Å². The maximum absolute atomic E-state index is 2.62. The summed E-state index contributed by atoms with van der Waals surface area (Å²) in [7, 11) is 0. The van der Waals surface area contributed by atoms with Crippen molar-refractivity contribution in [3.05, 3.63) is 59.0 Å². The lowest BCUT2D eigenvalue weighted by Crippen LogP contribution is -2.23. The lowest BCUT2D eigenvalue weighted by molar-refractivity contribution is 0.390. The lowest BCUT2D eigenvalue weighted by atomic mass is 9.70. The first-order chi connectivity index (χ1) is 11.5. The molecule has 0 aromatic carbocycles. The van der Waals surface area contributed by atoms with Crippen molar-refractivity contribution in [1.29, 1.82) is 0 Å². The van der Waals surface area contributed by atoms with Crippen molar-refractivity contribution < 1.29 is 0 Å². The highest BCUT2D eigenvalue weighted by Gasteiger charge is 2.46. The molecule has 2 unspecified atom stereocenters. The van der Waals surface area contributed by atoms with Gasteiger partial charge in [-0.25, -0.2) is 0 Å². The van der Waals surface area contributed by atoms with E-state index in [0.717, 1.165) is 6.54 Å². The van der Waals surface area contributed by atoms with Gasteiger partial charge in [0.05, 0.1) is 0 Å². The molecular weight excluding hydrogens is 290 g/mol. The quantitative estimate of drug-likeness (QED) is 0.530. The molecule has 2 atom stereocenters. The molecule has 2 aliphatic carbocycles. The fourth-order valence-electron chi connectivity index (χ4n) is 4.81. The Morgan fingerprint density at radius 3 is 2.67 bits per heavy atom. The third-order valence-electron chi connectivity index (χ3n) is 5.95. The van der Waals surface area contributed by atoms with Gasteiger partial charge < -0.3 is 4.90 Å². The molecule has 3 aliphatic rings. The molecule has 0 bridgehead atoms. The summed E-state index contributed by atoms with van der Waals surface area (Å²) < 4.78 is 0. The third kappa shape index (κ3) is 2.72. The number of hydrogen-bond acceptors (Lipinski definition) is 1. The molecule has 1 fully saturated rings. The van der Waals surface area contributed by atoms with E-state index in [1.165, 1.54) is 37.1 Å². The predicted molar refractivity (Wildman–Crippen MR) is 104 cm³/mol. The molecule has 1 aliphatic heterocycles. The maximum atomic E-state index is 2.62. The van der Waals surface area contributed by atoms with Gasteiger partial charge in [0, 0.05) is 29.3 Å². The first-order valence-corrected chi connectivity index (χ1v) is 9.78. The van der Waals surface area contributed by atoms with Gasteiger partial charge in [0.25, 0.3) is 0 Å². The van der Waals surface area contributed by atoms with Crippen LogP contribution in [0.5, 0.6) is 0 Å². The van der Waals surface area contributed by atoms with Crippen molar-refractivity contribution in [2.45, 2.75) is 60.3 Å². The van der Waals surface area contributed by atoms with Crippen LogP contribution in [-0.2, 0) is 0 Å². The van der Waals surface area contributed by atoms with Gasteiger partial charge in [-0.3, -0.25) is 0 Å². The normalized spacial score (nSPS) is 29.1. The first kappa shape index (κ1) is 17.3. The van der Waals surface area contributed by atoms with Crippen LogP contribution in [0.15, 0.2) is 59.0 Å². The molecule has 130 valence electrons. The average molecular weight is 324 g/mol. The molecule has 0 amide bonds. The van der Waals surface area contributed by atoms with Crippen LogP contribution in [0.4, 0.5) is 0 Å². The van der Waals surface area contributed by atoms with Crippen molar-refractivity contribution in [2.75, 3.05) is 6.54 Å². The van der Waals surface area contributed by atoms with Gasteiger partial charge in [-0.1, -0.05) is 83.4 Å². The average Bonchev–Trinajstić information content (AvgIpc) is 2.78. The maximum Gasteiger partial charge on any atom is 0.0416 e. The second-order valence-electron chi connectivity index (χ2n) is 8.02. The van der Waals surface area contributed by atoms with E-state index in [9.17, 15) is 0 Å². The van der Waals surface area contributed by atoms with Gasteiger partial charge in [0.15, 0.2) is 0 Å². The minimum absolute atomic E-state index is 0.106. The fourth-order valence-corrected chi connectivity index (χ4v) is 4.81. The van der Waals surface area contributed by atoms with Crippen molar-refractivity contribution in [3.8, 4) is 0 Å². The van der Waals surface area contributed by atoms with E-state index in [1.807, 2.05) is 0 Å². The molecule has 1 saturated heterocycles. The Balaban J connectivity index is 2.00. The van der Waals surface area contributed by atoms with E-state index < -0.39 is 0 Å². The standard InChI is InChI=1S/C23H33N/c1-6-8-9-12-15-24-20-16-17(3)18-13-10-11-14-19(18)22(20)23(4,5)21(24)7-2/h7,10-11,13-14,16-18H,6,8-9,12,15H2,1-5H3/b21-7+. The van der Waals surface area contributed by atoms with E-state index in [2.05, 4.69) is 76.0 Å². The van der Waals surface area contributed by atoms with Crippen LogP contribution in [-0.4, -0.2) is 11.4 Å². The molecule has 1 heteroatoms. The zero-order valence-corrected chi connectivity index (χ0v) is 16.1. The van der Waals surface area contributed by atoms with Crippen molar-refractivity contribution in [2.24, 2.45) is 17.3 Å². The second-order valence-corrected chi connectivity index (χ2v) is 8.02. The molecule has 0 radical (unpaired) electrons. The number of nitrogens with zero attached hydrogens (tertiary/aromatic N) is 1. The SMILES string of the molecule is C/C=C1/N(CCCCCC)C2=CC(C)C3C=CC=CC3=C2C1(C)C. The van der Waals surface area contributed by atoms with Crippen molar-refractivity contribution in [1.82, 2.24) is 4.90 Å². The topological polar surface area (TPSA) is 3.24 Å². The summed E-state index contributed by atoms with van der Waals surface area (Å²) in [5.74, 6) is 1.12. The Bertz CT molecular complexity index is 639. The Kier molecular flexibility index (Phi) is 4.90.